The minimum Gasteiger partial charge on any atom is -0.491 e. The number of esters is 1. The fraction of sp³-hybridized carbons (Fsp3) is 0.500. The van der Waals surface area contributed by atoms with Crippen molar-refractivity contribution in [3.8, 4) is 5.75 Å². The maximum atomic E-state index is 12.0. The first-order valence-corrected chi connectivity index (χ1v) is 7.24. The molecule has 114 valence electrons. The fourth-order valence-corrected chi connectivity index (χ4v) is 1.77. The van der Waals surface area contributed by atoms with Crippen molar-refractivity contribution in [2.75, 3.05) is 0 Å². The molecule has 0 spiro atoms. The molecular weight excluding hydrogens is 270 g/mol. The number of carbonyl (C=O) groups excluding carboxylic acids is 2. The maximum Gasteiger partial charge on any atom is 0.338 e. The number of carbonyl (C=O) groups is 2. The van der Waals surface area contributed by atoms with Crippen LogP contribution < -0.4 is 10.1 Å². The Kier molecular flexibility index (Phi) is 4.83. The van der Waals surface area contributed by atoms with E-state index < -0.39 is 12.1 Å². The van der Waals surface area contributed by atoms with Gasteiger partial charge < -0.3 is 14.8 Å². The normalized spacial score (nSPS) is 15.4. The third-order valence-electron chi connectivity index (χ3n) is 3.04. The number of benzene rings is 1. The fourth-order valence-electron chi connectivity index (χ4n) is 1.77. The summed E-state index contributed by atoms with van der Waals surface area (Å²) in [6.07, 6.45) is 1.30. The smallest absolute Gasteiger partial charge is 0.338 e. The molecule has 0 aliphatic heterocycles. The number of rotatable bonds is 6. The lowest BCUT2D eigenvalue weighted by Crippen LogP contribution is -2.37. The summed E-state index contributed by atoms with van der Waals surface area (Å²) in [5.74, 6) is -0.0590. The van der Waals surface area contributed by atoms with E-state index in [-0.39, 0.29) is 18.1 Å². The van der Waals surface area contributed by atoms with Crippen molar-refractivity contribution in [3.05, 3.63) is 29.8 Å². The molecule has 2 rings (SSSR count). The minimum atomic E-state index is -0.787. The Balaban J connectivity index is 1.88. The van der Waals surface area contributed by atoms with Crippen LogP contribution in [0.25, 0.3) is 0 Å². The molecule has 0 saturated heterocycles. The Morgan fingerprint density at radius 2 is 1.76 bits per heavy atom. The van der Waals surface area contributed by atoms with Crippen LogP contribution in [0.5, 0.6) is 5.75 Å². The van der Waals surface area contributed by atoms with Gasteiger partial charge in [-0.3, -0.25) is 4.79 Å². The molecule has 1 saturated carbocycles. The van der Waals surface area contributed by atoms with E-state index in [1.165, 1.54) is 0 Å². The van der Waals surface area contributed by atoms with Crippen molar-refractivity contribution >= 4 is 11.9 Å². The van der Waals surface area contributed by atoms with Gasteiger partial charge in [-0.05, 0) is 57.9 Å². The van der Waals surface area contributed by atoms with E-state index in [1.54, 1.807) is 31.2 Å². The largest absolute Gasteiger partial charge is 0.491 e. The zero-order chi connectivity index (χ0) is 15.4. The van der Waals surface area contributed by atoms with E-state index in [2.05, 4.69) is 5.32 Å². The average Bonchev–Trinajstić information content (AvgIpc) is 3.22. The molecule has 0 aromatic heterocycles. The van der Waals surface area contributed by atoms with E-state index in [0.717, 1.165) is 12.8 Å². The summed E-state index contributed by atoms with van der Waals surface area (Å²) in [5.41, 5.74) is 0.400. The second-order valence-corrected chi connectivity index (χ2v) is 5.52. The second kappa shape index (κ2) is 6.61. The van der Waals surface area contributed by atoms with Crippen LogP contribution in [0.2, 0.25) is 0 Å². The monoisotopic (exact) mass is 291 g/mol. The standard InChI is InChI=1S/C16H21NO4/c1-10(2)20-14-8-4-12(5-9-14)16(19)21-11(3)15(18)17-13-6-7-13/h4-5,8-11,13H,6-7H2,1-3H3,(H,17,18)/t11-/m1/s1. The predicted molar refractivity (Wildman–Crippen MR) is 78.2 cm³/mol. The molecule has 1 atom stereocenters. The molecule has 5 heteroatoms. The van der Waals surface area contributed by atoms with Gasteiger partial charge in [0.15, 0.2) is 6.10 Å². The summed E-state index contributed by atoms with van der Waals surface area (Å²) in [6, 6.07) is 6.94. The molecule has 1 N–H and O–H groups in total. The SMILES string of the molecule is CC(C)Oc1ccc(C(=O)O[C@H](C)C(=O)NC2CC2)cc1. The highest BCUT2D eigenvalue weighted by molar-refractivity contribution is 5.92. The lowest BCUT2D eigenvalue weighted by molar-refractivity contribution is -0.129. The molecule has 1 fully saturated rings. The lowest BCUT2D eigenvalue weighted by Gasteiger charge is -2.13. The van der Waals surface area contributed by atoms with Crippen LogP contribution in [-0.2, 0) is 9.53 Å². The van der Waals surface area contributed by atoms with Gasteiger partial charge in [0.1, 0.15) is 5.75 Å². The number of nitrogens with one attached hydrogen (secondary N) is 1. The lowest BCUT2D eigenvalue weighted by atomic mass is 10.2. The van der Waals surface area contributed by atoms with Gasteiger partial charge in [-0.25, -0.2) is 4.79 Å². The van der Waals surface area contributed by atoms with Crippen molar-refractivity contribution in [1.29, 1.82) is 0 Å². The van der Waals surface area contributed by atoms with Gasteiger partial charge in [-0.2, -0.15) is 0 Å². The van der Waals surface area contributed by atoms with Crippen LogP contribution in [0.15, 0.2) is 24.3 Å². The predicted octanol–water partition coefficient (Wildman–Crippen LogP) is 2.30. The number of amides is 1. The Hall–Kier alpha value is -2.04. The van der Waals surface area contributed by atoms with E-state index in [9.17, 15) is 9.59 Å². The van der Waals surface area contributed by atoms with Crippen molar-refractivity contribution in [2.24, 2.45) is 0 Å². The Bertz CT molecular complexity index is 506. The van der Waals surface area contributed by atoms with Crippen LogP contribution in [0, 0.1) is 0 Å². The molecule has 1 aliphatic rings. The summed E-state index contributed by atoms with van der Waals surface area (Å²) in [4.78, 5) is 23.7. The third kappa shape index (κ3) is 4.77. The molecule has 1 aromatic rings. The zero-order valence-corrected chi connectivity index (χ0v) is 12.6. The van der Waals surface area contributed by atoms with Crippen LogP contribution in [0.1, 0.15) is 44.0 Å². The van der Waals surface area contributed by atoms with E-state index in [4.69, 9.17) is 9.47 Å². The van der Waals surface area contributed by atoms with Crippen LogP contribution in [0.3, 0.4) is 0 Å². The van der Waals surface area contributed by atoms with Crippen molar-refractivity contribution in [1.82, 2.24) is 5.32 Å². The van der Waals surface area contributed by atoms with E-state index in [0.29, 0.717) is 11.3 Å². The van der Waals surface area contributed by atoms with Crippen molar-refractivity contribution in [3.63, 3.8) is 0 Å². The first-order valence-electron chi connectivity index (χ1n) is 7.24. The van der Waals surface area contributed by atoms with Gasteiger partial charge in [0.05, 0.1) is 11.7 Å². The second-order valence-electron chi connectivity index (χ2n) is 5.52. The average molecular weight is 291 g/mol. The van der Waals surface area contributed by atoms with E-state index >= 15 is 0 Å². The molecule has 1 amide bonds. The van der Waals surface area contributed by atoms with Gasteiger partial charge in [0.25, 0.3) is 5.91 Å². The first-order chi connectivity index (χ1) is 9.95. The number of ether oxygens (including phenoxy) is 2. The van der Waals surface area contributed by atoms with Crippen molar-refractivity contribution < 1.29 is 19.1 Å². The highest BCUT2D eigenvalue weighted by atomic mass is 16.5. The van der Waals surface area contributed by atoms with Gasteiger partial charge in [0, 0.05) is 6.04 Å². The topological polar surface area (TPSA) is 64.6 Å². The molecule has 1 aromatic carbocycles. The van der Waals surface area contributed by atoms with Gasteiger partial charge in [-0.15, -0.1) is 0 Å². The molecule has 0 bridgehead atoms. The Morgan fingerprint density at radius 1 is 1.14 bits per heavy atom. The molecule has 0 unspecified atom stereocenters. The van der Waals surface area contributed by atoms with Gasteiger partial charge in [-0.1, -0.05) is 0 Å². The zero-order valence-electron chi connectivity index (χ0n) is 12.6. The molecule has 1 aliphatic carbocycles. The highest BCUT2D eigenvalue weighted by Gasteiger charge is 2.27. The van der Waals surface area contributed by atoms with Crippen molar-refractivity contribution in [2.45, 2.75) is 51.9 Å². The quantitative estimate of drug-likeness (QED) is 0.817. The Morgan fingerprint density at radius 3 is 2.29 bits per heavy atom. The van der Waals surface area contributed by atoms with E-state index in [1.807, 2.05) is 13.8 Å². The third-order valence-corrected chi connectivity index (χ3v) is 3.04. The van der Waals surface area contributed by atoms with Crippen LogP contribution in [-0.4, -0.2) is 30.1 Å². The summed E-state index contributed by atoms with van der Waals surface area (Å²) in [5, 5.41) is 2.80. The molecule has 0 radical (unpaired) electrons. The number of hydrogen-bond donors (Lipinski definition) is 1. The summed E-state index contributed by atoms with van der Waals surface area (Å²) in [6.45, 7) is 5.44. The van der Waals surface area contributed by atoms with Crippen LogP contribution in [0.4, 0.5) is 0 Å². The molecule has 0 heterocycles. The van der Waals surface area contributed by atoms with Crippen LogP contribution >= 0.6 is 0 Å². The summed E-state index contributed by atoms with van der Waals surface area (Å²) >= 11 is 0. The molecule has 21 heavy (non-hydrogen) atoms. The molecular formula is C16H21NO4. The first kappa shape index (κ1) is 15.4. The maximum absolute atomic E-state index is 12.0. The minimum absolute atomic E-state index is 0.0777. The molecule has 5 nitrogen and oxygen atoms in total. The highest BCUT2D eigenvalue weighted by Crippen LogP contribution is 2.19. The van der Waals surface area contributed by atoms with Gasteiger partial charge in [0.2, 0.25) is 0 Å². The Labute approximate surface area is 124 Å². The van der Waals surface area contributed by atoms with Gasteiger partial charge >= 0.3 is 5.97 Å². The summed E-state index contributed by atoms with van der Waals surface area (Å²) < 4.78 is 10.7. The summed E-state index contributed by atoms with van der Waals surface area (Å²) in [7, 11) is 0. The number of hydrogen-bond acceptors (Lipinski definition) is 4.